The van der Waals surface area contributed by atoms with Crippen molar-refractivity contribution in [1.82, 2.24) is 5.32 Å². The van der Waals surface area contributed by atoms with Gasteiger partial charge in [0.1, 0.15) is 5.84 Å². The lowest BCUT2D eigenvalue weighted by Crippen LogP contribution is -2.19. The third kappa shape index (κ3) is 8.94. The van der Waals surface area contributed by atoms with Gasteiger partial charge < -0.3 is 21.0 Å². The molecule has 0 aromatic heterocycles. The predicted molar refractivity (Wildman–Crippen MR) is 68.3 cm³/mol. The SMILES string of the molecule is NC(CCCCNCCCOCC1CC1)=NO. The molecule has 4 N–H and O–H groups in total. The van der Waals surface area contributed by atoms with E-state index in [0.717, 1.165) is 51.5 Å². The van der Waals surface area contributed by atoms with Crippen LogP contribution in [0.15, 0.2) is 5.16 Å². The molecule has 100 valence electrons. The van der Waals surface area contributed by atoms with Crippen molar-refractivity contribution in [2.24, 2.45) is 16.8 Å². The molecule has 1 saturated carbocycles. The molecule has 0 bridgehead atoms. The lowest BCUT2D eigenvalue weighted by Gasteiger charge is -2.05. The van der Waals surface area contributed by atoms with Crippen LogP contribution >= 0.6 is 0 Å². The number of nitrogens with zero attached hydrogens (tertiary/aromatic N) is 1. The van der Waals surface area contributed by atoms with Gasteiger partial charge in [-0.1, -0.05) is 5.16 Å². The molecule has 5 heteroatoms. The van der Waals surface area contributed by atoms with Crippen LogP contribution in [0.3, 0.4) is 0 Å². The van der Waals surface area contributed by atoms with E-state index in [4.69, 9.17) is 15.7 Å². The lowest BCUT2D eigenvalue weighted by molar-refractivity contribution is 0.122. The number of hydrogen-bond donors (Lipinski definition) is 3. The van der Waals surface area contributed by atoms with Crippen molar-refractivity contribution < 1.29 is 9.94 Å². The summed E-state index contributed by atoms with van der Waals surface area (Å²) in [4.78, 5) is 0. The Labute approximate surface area is 103 Å². The molecule has 0 radical (unpaired) electrons. The van der Waals surface area contributed by atoms with E-state index in [1.807, 2.05) is 0 Å². The zero-order valence-corrected chi connectivity index (χ0v) is 10.5. The normalized spacial score (nSPS) is 16.4. The van der Waals surface area contributed by atoms with Crippen molar-refractivity contribution in [3.8, 4) is 0 Å². The molecule has 0 spiro atoms. The Kier molecular flexibility index (Phi) is 7.75. The van der Waals surface area contributed by atoms with E-state index in [9.17, 15) is 0 Å². The molecule has 0 heterocycles. The van der Waals surface area contributed by atoms with Gasteiger partial charge in [-0.3, -0.25) is 0 Å². The smallest absolute Gasteiger partial charge is 0.139 e. The molecule has 0 aromatic rings. The Balaban J connectivity index is 1.69. The second kappa shape index (κ2) is 9.24. The number of hydrogen-bond acceptors (Lipinski definition) is 4. The standard InChI is InChI=1S/C12H25N3O2/c13-12(15-16)4-1-2-7-14-8-3-9-17-10-11-5-6-11/h11,14,16H,1-10H2,(H2,13,15). The van der Waals surface area contributed by atoms with Gasteiger partial charge in [0, 0.05) is 19.6 Å². The third-order valence-corrected chi connectivity index (χ3v) is 2.86. The van der Waals surface area contributed by atoms with Crippen LogP contribution in [-0.2, 0) is 4.74 Å². The first-order valence-electron chi connectivity index (χ1n) is 6.58. The van der Waals surface area contributed by atoms with Gasteiger partial charge in [-0.15, -0.1) is 0 Å². The van der Waals surface area contributed by atoms with E-state index >= 15 is 0 Å². The topological polar surface area (TPSA) is 79.9 Å². The Bertz CT molecular complexity index is 218. The molecule has 1 aliphatic rings. The molecular weight excluding hydrogens is 218 g/mol. The van der Waals surface area contributed by atoms with E-state index in [1.165, 1.54) is 12.8 Å². The fourth-order valence-electron chi connectivity index (χ4n) is 1.56. The van der Waals surface area contributed by atoms with Crippen LogP contribution in [0.25, 0.3) is 0 Å². The maximum atomic E-state index is 8.33. The number of rotatable bonds is 11. The van der Waals surface area contributed by atoms with E-state index in [-0.39, 0.29) is 0 Å². The van der Waals surface area contributed by atoms with Crippen molar-refractivity contribution >= 4 is 5.84 Å². The second-order valence-corrected chi connectivity index (χ2v) is 4.67. The number of ether oxygens (including phenoxy) is 1. The minimum atomic E-state index is 0.318. The number of nitrogens with two attached hydrogens (primary N) is 1. The summed E-state index contributed by atoms with van der Waals surface area (Å²) in [7, 11) is 0. The summed E-state index contributed by atoms with van der Waals surface area (Å²) in [6.07, 6.45) is 6.48. The number of unbranched alkanes of at least 4 members (excludes halogenated alkanes) is 1. The molecule has 0 aromatic carbocycles. The van der Waals surface area contributed by atoms with E-state index in [0.29, 0.717) is 12.3 Å². The van der Waals surface area contributed by atoms with Gasteiger partial charge >= 0.3 is 0 Å². The summed E-state index contributed by atoms with van der Waals surface area (Å²) in [6, 6.07) is 0. The van der Waals surface area contributed by atoms with Crippen molar-refractivity contribution in [3.63, 3.8) is 0 Å². The fourth-order valence-corrected chi connectivity index (χ4v) is 1.56. The predicted octanol–water partition coefficient (Wildman–Crippen LogP) is 1.31. The Morgan fingerprint density at radius 3 is 2.76 bits per heavy atom. The first kappa shape index (κ1) is 14.3. The lowest BCUT2D eigenvalue weighted by atomic mass is 10.2. The van der Waals surface area contributed by atoms with Crippen LogP contribution in [0.5, 0.6) is 0 Å². The average molecular weight is 243 g/mol. The first-order chi connectivity index (χ1) is 8.33. The Morgan fingerprint density at radius 1 is 1.29 bits per heavy atom. The molecule has 17 heavy (non-hydrogen) atoms. The van der Waals surface area contributed by atoms with Crippen molar-refractivity contribution in [3.05, 3.63) is 0 Å². The minimum absolute atomic E-state index is 0.318. The van der Waals surface area contributed by atoms with Crippen molar-refractivity contribution in [2.75, 3.05) is 26.3 Å². The number of amidine groups is 1. The van der Waals surface area contributed by atoms with Crippen LogP contribution in [-0.4, -0.2) is 37.3 Å². The van der Waals surface area contributed by atoms with E-state index < -0.39 is 0 Å². The van der Waals surface area contributed by atoms with Crippen LogP contribution in [0.4, 0.5) is 0 Å². The summed E-state index contributed by atoms with van der Waals surface area (Å²) in [5.41, 5.74) is 5.36. The van der Waals surface area contributed by atoms with Crippen LogP contribution in [0.2, 0.25) is 0 Å². The quantitative estimate of drug-likeness (QED) is 0.168. The summed E-state index contributed by atoms with van der Waals surface area (Å²) < 4.78 is 5.53. The highest BCUT2D eigenvalue weighted by Crippen LogP contribution is 2.28. The van der Waals surface area contributed by atoms with Gasteiger partial charge in [-0.25, -0.2) is 0 Å². The van der Waals surface area contributed by atoms with E-state index in [2.05, 4.69) is 10.5 Å². The molecule has 0 unspecified atom stereocenters. The molecular formula is C12H25N3O2. The minimum Gasteiger partial charge on any atom is -0.409 e. The summed E-state index contributed by atoms with van der Waals surface area (Å²) in [6.45, 7) is 3.82. The second-order valence-electron chi connectivity index (χ2n) is 4.67. The van der Waals surface area contributed by atoms with Gasteiger partial charge in [0.05, 0.1) is 0 Å². The molecule has 1 fully saturated rings. The van der Waals surface area contributed by atoms with Gasteiger partial charge in [-0.05, 0) is 51.1 Å². The average Bonchev–Trinajstić information content (AvgIpc) is 3.15. The highest BCUT2D eigenvalue weighted by atomic mass is 16.5. The zero-order valence-electron chi connectivity index (χ0n) is 10.5. The number of oxime groups is 1. The highest BCUT2D eigenvalue weighted by Gasteiger charge is 2.20. The van der Waals surface area contributed by atoms with Gasteiger partial charge in [0.2, 0.25) is 0 Å². The Hall–Kier alpha value is -0.810. The Morgan fingerprint density at radius 2 is 2.06 bits per heavy atom. The van der Waals surface area contributed by atoms with Crippen LogP contribution < -0.4 is 11.1 Å². The largest absolute Gasteiger partial charge is 0.409 e. The van der Waals surface area contributed by atoms with Gasteiger partial charge in [-0.2, -0.15) is 0 Å². The first-order valence-corrected chi connectivity index (χ1v) is 6.58. The zero-order chi connectivity index (χ0) is 12.3. The summed E-state index contributed by atoms with van der Waals surface area (Å²) in [5, 5.41) is 14.6. The van der Waals surface area contributed by atoms with Gasteiger partial charge in [0.15, 0.2) is 0 Å². The van der Waals surface area contributed by atoms with Crippen molar-refractivity contribution in [2.45, 2.75) is 38.5 Å². The maximum absolute atomic E-state index is 8.33. The molecule has 5 nitrogen and oxygen atoms in total. The molecule has 0 amide bonds. The van der Waals surface area contributed by atoms with Crippen molar-refractivity contribution in [1.29, 1.82) is 0 Å². The third-order valence-electron chi connectivity index (χ3n) is 2.86. The number of nitrogens with one attached hydrogen (secondary N) is 1. The molecule has 0 atom stereocenters. The highest BCUT2D eigenvalue weighted by molar-refractivity contribution is 5.79. The molecule has 0 aliphatic heterocycles. The monoisotopic (exact) mass is 243 g/mol. The van der Waals surface area contributed by atoms with E-state index in [1.54, 1.807) is 0 Å². The maximum Gasteiger partial charge on any atom is 0.139 e. The molecule has 1 aliphatic carbocycles. The summed E-state index contributed by atoms with van der Waals surface area (Å²) >= 11 is 0. The van der Waals surface area contributed by atoms with Crippen LogP contribution in [0, 0.1) is 5.92 Å². The fraction of sp³-hybridized carbons (Fsp3) is 0.917. The molecule has 1 rings (SSSR count). The van der Waals surface area contributed by atoms with Gasteiger partial charge in [0.25, 0.3) is 0 Å². The van der Waals surface area contributed by atoms with Crippen LogP contribution in [0.1, 0.15) is 38.5 Å². The summed E-state index contributed by atoms with van der Waals surface area (Å²) in [5.74, 6) is 1.18. The molecule has 0 saturated heterocycles.